The van der Waals surface area contributed by atoms with Gasteiger partial charge in [0.25, 0.3) is 0 Å². The van der Waals surface area contributed by atoms with Gasteiger partial charge >= 0.3 is 0 Å². The number of carbonyl (C=O) groups is 1. The third-order valence-corrected chi connectivity index (χ3v) is 5.80. The van der Waals surface area contributed by atoms with Gasteiger partial charge in [0, 0.05) is 27.7 Å². The Morgan fingerprint density at radius 1 is 1.27 bits per heavy atom. The monoisotopic (exact) mass is 383 g/mol. The van der Waals surface area contributed by atoms with Gasteiger partial charge in [-0.15, -0.1) is 22.7 Å². The zero-order valence-corrected chi connectivity index (χ0v) is 15.8. The van der Waals surface area contributed by atoms with E-state index in [0.717, 1.165) is 32.5 Å². The lowest BCUT2D eigenvalue weighted by molar-refractivity contribution is -0.120. The molecule has 0 saturated carbocycles. The molecule has 0 radical (unpaired) electrons. The van der Waals surface area contributed by atoms with Gasteiger partial charge in [-0.25, -0.2) is 4.98 Å². The van der Waals surface area contributed by atoms with Crippen molar-refractivity contribution < 1.29 is 9.53 Å². The molecule has 3 aromatic heterocycles. The summed E-state index contributed by atoms with van der Waals surface area (Å²) in [6.45, 7) is 0.572. The molecule has 4 rings (SSSR count). The summed E-state index contributed by atoms with van der Waals surface area (Å²) >= 11 is 3.18. The van der Waals surface area contributed by atoms with Gasteiger partial charge < -0.3 is 10.1 Å². The second kappa shape index (κ2) is 7.31. The SMILES string of the molecule is COc1cccc(-c2cn3c(CC(=O)NCc4cccs4)csc3n2)c1. The number of ether oxygens (including phenoxy) is 1. The van der Waals surface area contributed by atoms with Crippen molar-refractivity contribution in [3.63, 3.8) is 0 Å². The molecule has 0 aliphatic rings. The van der Waals surface area contributed by atoms with Crippen LogP contribution in [-0.4, -0.2) is 22.4 Å². The number of carbonyl (C=O) groups excluding carboxylic acids is 1. The van der Waals surface area contributed by atoms with Gasteiger partial charge in [0.2, 0.25) is 5.91 Å². The highest BCUT2D eigenvalue weighted by molar-refractivity contribution is 7.15. The van der Waals surface area contributed by atoms with Crippen LogP contribution < -0.4 is 10.1 Å². The van der Waals surface area contributed by atoms with E-state index in [1.54, 1.807) is 18.4 Å². The van der Waals surface area contributed by atoms with Crippen molar-refractivity contribution in [1.29, 1.82) is 0 Å². The number of methoxy groups -OCH3 is 1. The molecular formula is C19H17N3O2S2. The van der Waals surface area contributed by atoms with Crippen LogP contribution in [-0.2, 0) is 17.8 Å². The van der Waals surface area contributed by atoms with Gasteiger partial charge in [-0.1, -0.05) is 18.2 Å². The Balaban J connectivity index is 1.51. The van der Waals surface area contributed by atoms with Crippen LogP contribution in [0.4, 0.5) is 0 Å². The van der Waals surface area contributed by atoms with Gasteiger partial charge in [0.15, 0.2) is 4.96 Å². The molecule has 4 aromatic rings. The van der Waals surface area contributed by atoms with Crippen LogP contribution in [0.2, 0.25) is 0 Å². The summed E-state index contributed by atoms with van der Waals surface area (Å²) < 4.78 is 7.27. The summed E-state index contributed by atoms with van der Waals surface area (Å²) in [7, 11) is 1.65. The molecule has 0 unspecified atom stereocenters. The molecule has 132 valence electrons. The van der Waals surface area contributed by atoms with Crippen molar-refractivity contribution in [2.45, 2.75) is 13.0 Å². The number of fused-ring (bicyclic) bond motifs is 1. The molecule has 3 heterocycles. The number of hydrogen-bond acceptors (Lipinski definition) is 5. The highest BCUT2D eigenvalue weighted by atomic mass is 32.1. The van der Waals surface area contributed by atoms with Crippen LogP contribution in [0.1, 0.15) is 10.6 Å². The Hall–Kier alpha value is -2.64. The van der Waals surface area contributed by atoms with Crippen LogP contribution >= 0.6 is 22.7 Å². The number of thiazole rings is 1. The van der Waals surface area contributed by atoms with Gasteiger partial charge in [-0.05, 0) is 23.6 Å². The van der Waals surface area contributed by atoms with Gasteiger partial charge in [-0.3, -0.25) is 9.20 Å². The zero-order chi connectivity index (χ0) is 17.9. The predicted octanol–water partition coefficient (Wildman–Crippen LogP) is 3.99. The molecule has 0 aliphatic carbocycles. The lowest BCUT2D eigenvalue weighted by Crippen LogP contribution is -2.24. The van der Waals surface area contributed by atoms with E-state index in [1.165, 1.54) is 11.3 Å². The van der Waals surface area contributed by atoms with Crippen LogP contribution in [0.5, 0.6) is 5.75 Å². The first-order valence-electron chi connectivity index (χ1n) is 8.12. The molecule has 7 heteroatoms. The number of rotatable bonds is 6. The smallest absolute Gasteiger partial charge is 0.226 e. The third kappa shape index (κ3) is 3.49. The highest BCUT2D eigenvalue weighted by Crippen LogP contribution is 2.26. The number of nitrogens with one attached hydrogen (secondary N) is 1. The fourth-order valence-corrected chi connectivity index (χ4v) is 4.22. The lowest BCUT2D eigenvalue weighted by Gasteiger charge is -2.03. The lowest BCUT2D eigenvalue weighted by atomic mass is 10.1. The van der Waals surface area contributed by atoms with Crippen molar-refractivity contribution in [3.05, 3.63) is 63.9 Å². The molecule has 0 bridgehead atoms. The van der Waals surface area contributed by atoms with Gasteiger partial charge in [-0.2, -0.15) is 0 Å². The molecule has 0 atom stereocenters. The van der Waals surface area contributed by atoms with Crippen LogP contribution in [0.25, 0.3) is 16.2 Å². The molecule has 1 amide bonds. The first-order chi connectivity index (χ1) is 12.7. The zero-order valence-electron chi connectivity index (χ0n) is 14.1. The molecule has 0 fully saturated rings. The quantitative estimate of drug-likeness (QED) is 0.548. The minimum absolute atomic E-state index is 0.00901. The largest absolute Gasteiger partial charge is 0.497 e. The summed E-state index contributed by atoms with van der Waals surface area (Å²) in [4.78, 5) is 19.0. The van der Waals surface area contributed by atoms with Crippen molar-refractivity contribution in [2.75, 3.05) is 7.11 Å². The summed E-state index contributed by atoms with van der Waals surface area (Å²) in [5.74, 6) is 0.807. The average molecular weight is 383 g/mol. The van der Waals surface area contributed by atoms with Gasteiger partial charge in [0.1, 0.15) is 5.75 Å². The van der Waals surface area contributed by atoms with Crippen molar-refractivity contribution >= 4 is 33.5 Å². The maximum absolute atomic E-state index is 12.3. The molecule has 0 saturated heterocycles. The Morgan fingerprint density at radius 2 is 2.19 bits per heavy atom. The maximum atomic E-state index is 12.3. The maximum Gasteiger partial charge on any atom is 0.226 e. The van der Waals surface area contributed by atoms with Gasteiger partial charge in [0.05, 0.1) is 25.8 Å². The van der Waals surface area contributed by atoms with Crippen LogP contribution in [0, 0.1) is 0 Å². The normalized spacial score (nSPS) is 11.0. The molecule has 0 aliphatic heterocycles. The minimum Gasteiger partial charge on any atom is -0.497 e. The molecule has 5 nitrogen and oxygen atoms in total. The Bertz CT molecular complexity index is 1030. The van der Waals surface area contributed by atoms with E-state index in [2.05, 4.69) is 10.3 Å². The highest BCUT2D eigenvalue weighted by Gasteiger charge is 2.13. The second-order valence-corrected chi connectivity index (χ2v) is 7.64. The number of thiophene rings is 1. The number of hydrogen-bond donors (Lipinski definition) is 1. The van der Waals surface area contributed by atoms with E-state index >= 15 is 0 Å². The Morgan fingerprint density at radius 3 is 3.00 bits per heavy atom. The van der Waals surface area contributed by atoms with Crippen LogP contribution in [0.15, 0.2) is 53.4 Å². The predicted molar refractivity (Wildman–Crippen MR) is 105 cm³/mol. The van der Waals surface area contributed by atoms with E-state index < -0.39 is 0 Å². The molecule has 1 aromatic carbocycles. The van der Waals surface area contributed by atoms with E-state index in [-0.39, 0.29) is 5.91 Å². The fraction of sp³-hybridized carbons (Fsp3) is 0.158. The van der Waals surface area contributed by atoms with Crippen LogP contribution in [0.3, 0.4) is 0 Å². The Kier molecular flexibility index (Phi) is 4.73. The molecule has 1 N–H and O–H groups in total. The van der Waals surface area contributed by atoms with E-state index in [4.69, 9.17) is 4.74 Å². The summed E-state index contributed by atoms with van der Waals surface area (Å²) in [6.07, 6.45) is 2.31. The minimum atomic E-state index is 0.00901. The Labute approximate surface area is 158 Å². The standard InChI is InChI=1S/C19H17N3O2S2/c1-24-15-5-2-4-13(8-15)17-11-22-14(12-26-19(22)21-17)9-18(23)20-10-16-6-3-7-25-16/h2-8,11-12H,9-10H2,1H3,(H,20,23). The molecular weight excluding hydrogens is 366 g/mol. The fourth-order valence-electron chi connectivity index (χ4n) is 2.70. The first kappa shape index (κ1) is 16.8. The number of amides is 1. The van der Waals surface area contributed by atoms with Crippen molar-refractivity contribution in [2.24, 2.45) is 0 Å². The van der Waals surface area contributed by atoms with E-state index in [0.29, 0.717) is 13.0 Å². The summed E-state index contributed by atoms with van der Waals surface area (Å²) in [5, 5.41) is 6.97. The van der Waals surface area contributed by atoms with Crippen molar-refractivity contribution in [1.82, 2.24) is 14.7 Å². The average Bonchev–Trinajstić information content (AvgIpc) is 3.39. The summed E-state index contributed by atoms with van der Waals surface area (Å²) in [6, 6.07) is 11.8. The first-order valence-corrected chi connectivity index (χ1v) is 9.88. The molecule has 26 heavy (non-hydrogen) atoms. The summed E-state index contributed by atoms with van der Waals surface area (Å²) in [5.41, 5.74) is 2.81. The number of imidazole rings is 1. The number of benzene rings is 1. The third-order valence-electron chi connectivity index (χ3n) is 4.03. The topological polar surface area (TPSA) is 55.6 Å². The van der Waals surface area contributed by atoms with E-state index in [1.807, 2.05) is 57.8 Å². The van der Waals surface area contributed by atoms with Crippen molar-refractivity contribution in [3.8, 4) is 17.0 Å². The number of nitrogens with zero attached hydrogens (tertiary/aromatic N) is 2. The second-order valence-electron chi connectivity index (χ2n) is 5.77. The van der Waals surface area contributed by atoms with E-state index in [9.17, 15) is 4.79 Å². The molecule has 0 spiro atoms. The number of aromatic nitrogens is 2.